The molecular weight excluding hydrogens is 252 g/mol. The molecule has 0 radical (unpaired) electrons. The van der Waals surface area contributed by atoms with Crippen molar-refractivity contribution in [2.45, 2.75) is 20.4 Å². The Labute approximate surface area is 123 Å². The van der Waals surface area contributed by atoms with Gasteiger partial charge in [-0.2, -0.15) is 0 Å². The van der Waals surface area contributed by atoms with Crippen LogP contribution in [0.25, 0.3) is 0 Å². The van der Waals surface area contributed by atoms with E-state index in [0.717, 1.165) is 45.1 Å². The second-order valence-electron chi connectivity index (χ2n) is 4.65. The molecule has 0 heterocycles. The molecule has 0 unspecified atom stereocenters. The van der Waals surface area contributed by atoms with Gasteiger partial charge in [-0.15, -0.1) is 0 Å². The van der Waals surface area contributed by atoms with Crippen LogP contribution in [0.2, 0.25) is 0 Å². The Morgan fingerprint density at radius 1 is 1.05 bits per heavy atom. The summed E-state index contributed by atoms with van der Waals surface area (Å²) in [7, 11) is 1.95. The Morgan fingerprint density at radius 3 is 2.35 bits per heavy atom. The molecule has 0 saturated heterocycles. The number of likely N-dealkylation sites (N-methyl/N-ethyl adjacent to an activating group) is 1. The molecule has 0 atom stereocenters. The van der Waals surface area contributed by atoms with Crippen molar-refractivity contribution in [2.75, 3.05) is 46.5 Å². The second kappa shape index (κ2) is 10.7. The molecule has 0 aliphatic rings. The summed E-state index contributed by atoms with van der Waals surface area (Å²) in [6.07, 6.45) is 0. The van der Waals surface area contributed by atoms with E-state index < -0.39 is 0 Å². The number of nitrogens with one attached hydrogen (secondary N) is 1. The predicted octanol–water partition coefficient (Wildman–Crippen LogP) is 2.14. The lowest BCUT2D eigenvalue weighted by Gasteiger charge is -2.20. The molecule has 1 aromatic carbocycles. The van der Waals surface area contributed by atoms with Gasteiger partial charge in [-0.1, -0.05) is 19.1 Å². The van der Waals surface area contributed by atoms with Crippen molar-refractivity contribution in [1.82, 2.24) is 10.2 Å². The molecule has 4 heteroatoms. The first-order valence-electron chi connectivity index (χ1n) is 7.46. The summed E-state index contributed by atoms with van der Waals surface area (Å²) in [5.41, 5.74) is 1.27. The largest absolute Gasteiger partial charge is 0.492 e. The lowest BCUT2D eigenvalue weighted by Crippen LogP contribution is -2.31. The maximum absolute atomic E-state index is 5.77. The number of benzene rings is 1. The summed E-state index contributed by atoms with van der Waals surface area (Å²) in [5, 5.41) is 3.13. The summed E-state index contributed by atoms with van der Waals surface area (Å²) in [4.78, 5) is 2.34. The Bertz CT molecular complexity index is 341. The molecule has 4 nitrogen and oxygen atoms in total. The lowest BCUT2D eigenvalue weighted by molar-refractivity contribution is 0.108. The van der Waals surface area contributed by atoms with Crippen LogP contribution in [0.5, 0.6) is 5.75 Å². The smallest absolute Gasteiger partial charge is 0.119 e. The van der Waals surface area contributed by atoms with Crippen LogP contribution >= 0.6 is 0 Å². The van der Waals surface area contributed by atoms with Gasteiger partial charge in [0.1, 0.15) is 12.4 Å². The van der Waals surface area contributed by atoms with Gasteiger partial charge in [0.15, 0.2) is 0 Å². The third-order valence-corrected chi connectivity index (χ3v) is 3.18. The highest BCUT2D eigenvalue weighted by molar-refractivity contribution is 5.27. The summed E-state index contributed by atoms with van der Waals surface area (Å²) in [5.74, 6) is 0.936. The van der Waals surface area contributed by atoms with E-state index in [1.807, 2.05) is 26.1 Å². The average Bonchev–Trinajstić information content (AvgIpc) is 2.48. The molecule has 1 rings (SSSR count). The van der Waals surface area contributed by atoms with E-state index in [1.54, 1.807) is 0 Å². The standard InChI is InChI=1S/C16H28N2O2/c1-4-18(10-12-19-5-2)11-13-20-16-8-6-15(7-9-16)14-17-3/h6-9,17H,4-5,10-14H2,1-3H3. The topological polar surface area (TPSA) is 33.7 Å². The Morgan fingerprint density at radius 2 is 1.75 bits per heavy atom. The van der Waals surface area contributed by atoms with Crippen LogP contribution in [0.4, 0.5) is 0 Å². The van der Waals surface area contributed by atoms with Crippen molar-refractivity contribution >= 4 is 0 Å². The minimum atomic E-state index is 0.714. The van der Waals surface area contributed by atoms with Crippen LogP contribution in [0.3, 0.4) is 0 Å². The quantitative estimate of drug-likeness (QED) is 0.630. The number of ether oxygens (including phenoxy) is 2. The van der Waals surface area contributed by atoms with Crippen molar-refractivity contribution in [2.24, 2.45) is 0 Å². The first-order chi connectivity index (χ1) is 9.80. The Kier molecular flexibility index (Phi) is 9.04. The zero-order valence-corrected chi connectivity index (χ0v) is 13.0. The second-order valence-corrected chi connectivity index (χ2v) is 4.65. The van der Waals surface area contributed by atoms with Crippen LogP contribution < -0.4 is 10.1 Å². The molecule has 0 aromatic heterocycles. The number of rotatable bonds is 11. The molecule has 0 spiro atoms. The molecule has 0 aliphatic carbocycles. The highest BCUT2D eigenvalue weighted by atomic mass is 16.5. The van der Waals surface area contributed by atoms with E-state index in [2.05, 4.69) is 29.3 Å². The van der Waals surface area contributed by atoms with Gasteiger partial charge in [0, 0.05) is 26.2 Å². The van der Waals surface area contributed by atoms with Crippen LogP contribution in [-0.4, -0.2) is 51.4 Å². The van der Waals surface area contributed by atoms with Crippen LogP contribution in [0.1, 0.15) is 19.4 Å². The molecule has 0 amide bonds. The normalized spacial score (nSPS) is 11.0. The number of nitrogens with zero attached hydrogens (tertiary/aromatic N) is 1. The predicted molar refractivity (Wildman–Crippen MR) is 83.3 cm³/mol. The molecule has 0 aliphatic heterocycles. The molecule has 0 saturated carbocycles. The van der Waals surface area contributed by atoms with Crippen LogP contribution in [0, 0.1) is 0 Å². The minimum Gasteiger partial charge on any atom is -0.492 e. The lowest BCUT2D eigenvalue weighted by atomic mass is 10.2. The first kappa shape index (κ1) is 17.0. The zero-order valence-electron chi connectivity index (χ0n) is 13.0. The van der Waals surface area contributed by atoms with Gasteiger partial charge in [0.25, 0.3) is 0 Å². The Balaban J connectivity index is 2.24. The summed E-state index contributed by atoms with van der Waals surface area (Å²) >= 11 is 0. The monoisotopic (exact) mass is 280 g/mol. The third kappa shape index (κ3) is 6.89. The van der Waals surface area contributed by atoms with E-state index >= 15 is 0 Å². The maximum Gasteiger partial charge on any atom is 0.119 e. The van der Waals surface area contributed by atoms with Gasteiger partial charge in [-0.25, -0.2) is 0 Å². The summed E-state index contributed by atoms with van der Waals surface area (Å²) in [6.45, 7) is 10.3. The first-order valence-corrected chi connectivity index (χ1v) is 7.46. The molecule has 0 bridgehead atoms. The highest BCUT2D eigenvalue weighted by Gasteiger charge is 2.02. The molecule has 1 aromatic rings. The number of hydrogen-bond donors (Lipinski definition) is 1. The fraction of sp³-hybridized carbons (Fsp3) is 0.625. The van der Waals surface area contributed by atoms with Gasteiger partial charge in [0.2, 0.25) is 0 Å². The van der Waals surface area contributed by atoms with E-state index in [1.165, 1.54) is 5.56 Å². The molecule has 20 heavy (non-hydrogen) atoms. The van der Waals surface area contributed by atoms with E-state index in [-0.39, 0.29) is 0 Å². The fourth-order valence-electron chi connectivity index (χ4n) is 1.97. The van der Waals surface area contributed by atoms with E-state index in [4.69, 9.17) is 9.47 Å². The van der Waals surface area contributed by atoms with Crippen molar-refractivity contribution in [1.29, 1.82) is 0 Å². The average molecular weight is 280 g/mol. The summed E-state index contributed by atoms with van der Waals surface area (Å²) < 4.78 is 11.2. The Hall–Kier alpha value is -1.10. The van der Waals surface area contributed by atoms with Crippen LogP contribution in [-0.2, 0) is 11.3 Å². The third-order valence-electron chi connectivity index (χ3n) is 3.18. The SMILES string of the molecule is CCOCCN(CC)CCOc1ccc(CNC)cc1. The van der Waals surface area contributed by atoms with Gasteiger partial charge in [-0.3, -0.25) is 4.90 Å². The van der Waals surface area contributed by atoms with E-state index in [9.17, 15) is 0 Å². The van der Waals surface area contributed by atoms with Gasteiger partial charge < -0.3 is 14.8 Å². The van der Waals surface area contributed by atoms with E-state index in [0.29, 0.717) is 6.61 Å². The van der Waals surface area contributed by atoms with Crippen molar-refractivity contribution < 1.29 is 9.47 Å². The molecular formula is C16H28N2O2. The molecule has 0 fully saturated rings. The van der Waals surface area contributed by atoms with Gasteiger partial charge in [-0.05, 0) is 38.2 Å². The molecule has 114 valence electrons. The molecule has 1 N–H and O–H groups in total. The fourth-order valence-corrected chi connectivity index (χ4v) is 1.97. The zero-order chi connectivity index (χ0) is 14.6. The van der Waals surface area contributed by atoms with Crippen LogP contribution in [0.15, 0.2) is 24.3 Å². The maximum atomic E-state index is 5.77. The minimum absolute atomic E-state index is 0.714. The summed E-state index contributed by atoms with van der Waals surface area (Å²) in [6, 6.07) is 8.25. The van der Waals surface area contributed by atoms with Gasteiger partial charge >= 0.3 is 0 Å². The van der Waals surface area contributed by atoms with Crippen molar-refractivity contribution in [3.8, 4) is 5.75 Å². The van der Waals surface area contributed by atoms with Gasteiger partial charge in [0.05, 0.1) is 6.61 Å². The van der Waals surface area contributed by atoms with Crippen molar-refractivity contribution in [3.05, 3.63) is 29.8 Å². The van der Waals surface area contributed by atoms with Crippen molar-refractivity contribution in [3.63, 3.8) is 0 Å². The number of hydrogen-bond acceptors (Lipinski definition) is 4. The highest BCUT2D eigenvalue weighted by Crippen LogP contribution is 2.11.